The first kappa shape index (κ1) is 14.6. The monoisotopic (exact) mass is 339 g/mol. The van der Waals surface area contributed by atoms with Gasteiger partial charge in [0, 0.05) is 19.1 Å². The molecule has 0 aromatic carbocycles. The van der Waals surface area contributed by atoms with Crippen LogP contribution in [0.1, 0.15) is 57.3 Å². The fraction of sp³-hybridized carbons (Fsp3) is 0.812. The molecule has 1 saturated carbocycles. The van der Waals surface area contributed by atoms with Crippen LogP contribution in [0.4, 0.5) is 0 Å². The molecule has 0 bridgehead atoms. The summed E-state index contributed by atoms with van der Waals surface area (Å²) in [6.07, 6.45) is 8.15. The Kier molecular flexibility index (Phi) is 4.51. The molecule has 2 aliphatic rings. The van der Waals surface area contributed by atoms with Crippen molar-refractivity contribution in [3.05, 3.63) is 15.9 Å². The van der Waals surface area contributed by atoms with Gasteiger partial charge < -0.3 is 0 Å². The summed E-state index contributed by atoms with van der Waals surface area (Å²) < 4.78 is 3.44. The minimum Gasteiger partial charge on any atom is -0.294 e. The Hall–Kier alpha value is -0.350. The van der Waals surface area contributed by atoms with Crippen LogP contribution in [0.15, 0.2) is 4.47 Å². The number of likely N-dealkylation sites (tertiary alicyclic amines) is 1. The van der Waals surface area contributed by atoms with Crippen LogP contribution in [0, 0.1) is 5.92 Å². The Morgan fingerprint density at radius 3 is 2.75 bits per heavy atom. The predicted molar refractivity (Wildman–Crippen MR) is 85.8 cm³/mol. The Morgan fingerprint density at radius 2 is 2.00 bits per heavy atom. The van der Waals surface area contributed by atoms with E-state index in [0.717, 1.165) is 31.5 Å². The highest BCUT2D eigenvalue weighted by molar-refractivity contribution is 9.10. The summed E-state index contributed by atoms with van der Waals surface area (Å²) in [6, 6.07) is 0.834. The highest BCUT2D eigenvalue weighted by Crippen LogP contribution is 2.37. The maximum Gasteiger partial charge on any atom is 0.0767 e. The lowest BCUT2D eigenvalue weighted by Crippen LogP contribution is -2.35. The van der Waals surface area contributed by atoms with E-state index < -0.39 is 0 Å². The van der Waals surface area contributed by atoms with Gasteiger partial charge in [-0.05, 0) is 61.0 Å². The van der Waals surface area contributed by atoms with Crippen molar-refractivity contribution in [2.24, 2.45) is 5.92 Å². The summed E-state index contributed by atoms with van der Waals surface area (Å²) in [6.45, 7) is 7.69. The van der Waals surface area contributed by atoms with Crippen molar-refractivity contribution in [3.63, 3.8) is 0 Å². The molecular formula is C16H26BrN3. The normalized spacial score (nSPS) is 26.9. The number of hydrogen-bond donors (Lipinski definition) is 0. The molecule has 1 aromatic heterocycles. The Morgan fingerprint density at radius 1 is 1.20 bits per heavy atom. The first-order valence-corrected chi connectivity index (χ1v) is 9.02. The molecule has 1 saturated heterocycles. The van der Waals surface area contributed by atoms with E-state index in [1.807, 2.05) is 0 Å². The van der Waals surface area contributed by atoms with E-state index in [4.69, 9.17) is 5.10 Å². The van der Waals surface area contributed by atoms with Gasteiger partial charge in [0.05, 0.1) is 15.9 Å². The molecule has 3 rings (SSSR count). The van der Waals surface area contributed by atoms with E-state index in [0.29, 0.717) is 0 Å². The zero-order valence-corrected chi connectivity index (χ0v) is 14.3. The standard InChI is InChI=1S/C16H26BrN3/c1-3-13-16(17)15(20(4-2)18-13)11-19-10-9-12-7-5-6-8-14(12)19/h12,14H,3-11H2,1-2H3. The molecule has 3 nitrogen and oxygen atoms in total. The molecule has 1 aliphatic heterocycles. The zero-order chi connectivity index (χ0) is 14.1. The number of aromatic nitrogens is 2. The number of nitrogens with zero attached hydrogens (tertiary/aromatic N) is 3. The molecule has 0 spiro atoms. The third-order valence-electron chi connectivity index (χ3n) is 5.17. The van der Waals surface area contributed by atoms with Crippen LogP contribution >= 0.6 is 15.9 Å². The van der Waals surface area contributed by atoms with E-state index in [2.05, 4.69) is 39.4 Å². The van der Waals surface area contributed by atoms with Crippen LogP contribution in [-0.2, 0) is 19.5 Å². The van der Waals surface area contributed by atoms with E-state index in [9.17, 15) is 0 Å². The molecule has 2 fully saturated rings. The second-order valence-corrected chi connectivity index (χ2v) is 7.04. The van der Waals surface area contributed by atoms with Gasteiger partial charge in [0.1, 0.15) is 0 Å². The van der Waals surface area contributed by atoms with Gasteiger partial charge in [-0.1, -0.05) is 19.8 Å². The molecule has 1 aliphatic carbocycles. The summed E-state index contributed by atoms with van der Waals surface area (Å²) in [5, 5.41) is 4.74. The number of hydrogen-bond acceptors (Lipinski definition) is 2. The lowest BCUT2D eigenvalue weighted by Gasteiger charge is -2.31. The molecule has 2 unspecified atom stereocenters. The highest BCUT2D eigenvalue weighted by atomic mass is 79.9. The Labute approximate surface area is 130 Å². The average molecular weight is 340 g/mol. The number of aryl methyl sites for hydroxylation is 2. The zero-order valence-electron chi connectivity index (χ0n) is 12.7. The van der Waals surface area contributed by atoms with E-state index in [-0.39, 0.29) is 0 Å². The largest absolute Gasteiger partial charge is 0.294 e. The molecule has 0 amide bonds. The number of fused-ring (bicyclic) bond motifs is 1. The first-order valence-electron chi connectivity index (χ1n) is 8.22. The first-order chi connectivity index (χ1) is 9.74. The summed E-state index contributed by atoms with van der Waals surface area (Å²) in [4.78, 5) is 2.72. The topological polar surface area (TPSA) is 21.1 Å². The van der Waals surface area contributed by atoms with Crippen molar-refractivity contribution >= 4 is 15.9 Å². The van der Waals surface area contributed by atoms with E-state index in [1.54, 1.807) is 0 Å². The van der Waals surface area contributed by atoms with Crippen molar-refractivity contribution in [1.82, 2.24) is 14.7 Å². The van der Waals surface area contributed by atoms with E-state index in [1.165, 1.54) is 54.5 Å². The lowest BCUT2D eigenvalue weighted by molar-refractivity contribution is 0.172. The summed E-state index contributed by atoms with van der Waals surface area (Å²) in [5.41, 5.74) is 2.59. The van der Waals surface area contributed by atoms with Crippen LogP contribution in [0.3, 0.4) is 0 Å². The Balaban J connectivity index is 1.79. The van der Waals surface area contributed by atoms with Crippen molar-refractivity contribution < 1.29 is 0 Å². The van der Waals surface area contributed by atoms with Gasteiger partial charge in [-0.25, -0.2) is 0 Å². The second-order valence-electron chi connectivity index (χ2n) is 6.25. The minimum atomic E-state index is 0.834. The van der Waals surface area contributed by atoms with Crippen molar-refractivity contribution in [3.8, 4) is 0 Å². The summed E-state index contributed by atoms with van der Waals surface area (Å²) in [7, 11) is 0. The van der Waals surface area contributed by atoms with Gasteiger partial charge in [-0.3, -0.25) is 9.58 Å². The fourth-order valence-corrected chi connectivity index (χ4v) is 4.75. The predicted octanol–water partition coefficient (Wildman–Crippen LogP) is 3.99. The number of rotatable bonds is 4. The molecule has 20 heavy (non-hydrogen) atoms. The van der Waals surface area contributed by atoms with Crippen molar-refractivity contribution in [2.75, 3.05) is 6.54 Å². The van der Waals surface area contributed by atoms with Gasteiger partial charge >= 0.3 is 0 Å². The smallest absolute Gasteiger partial charge is 0.0767 e. The van der Waals surface area contributed by atoms with Crippen LogP contribution in [0.5, 0.6) is 0 Å². The summed E-state index contributed by atoms with van der Waals surface area (Å²) >= 11 is 3.79. The third kappa shape index (κ3) is 2.57. The quantitative estimate of drug-likeness (QED) is 0.826. The van der Waals surface area contributed by atoms with Gasteiger partial charge in [-0.15, -0.1) is 0 Å². The van der Waals surface area contributed by atoms with E-state index >= 15 is 0 Å². The van der Waals surface area contributed by atoms with Crippen LogP contribution in [0.25, 0.3) is 0 Å². The Bertz CT molecular complexity index is 469. The lowest BCUT2D eigenvalue weighted by atomic mass is 9.85. The molecule has 4 heteroatoms. The summed E-state index contributed by atoms with van der Waals surface area (Å²) in [5.74, 6) is 0.964. The van der Waals surface area contributed by atoms with Crippen LogP contribution in [0.2, 0.25) is 0 Å². The second kappa shape index (κ2) is 6.18. The average Bonchev–Trinajstić information content (AvgIpc) is 3.02. The maximum atomic E-state index is 4.74. The molecule has 2 atom stereocenters. The molecule has 2 heterocycles. The molecule has 0 radical (unpaired) electrons. The third-order valence-corrected chi connectivity index (χ3v) is 6.09. The molecule has 0 N–H and O–H groups in total. The van der Waals surface area contributed by atoms with Crippen molar-refractivity contribution in [2.45, 2.75) is 71.5 Å². The number of halogens is 1. The van der Waals surface area contributed by atoms with Gasteiger partial charge in [0.2, 0.25) is 0 Å². The minimum absolute atomic E-state index is 0.834. The molecular weight excluding hydrogens is 314 g/mol. The molecule has 112 valence electrons. The fourth-order valence-electron chi connectivity index (χ4n) is 4.06. The van der Waals surface area contributed by atoms with Crippen molar-refractivity contribution in [1.29, 1.82) is 0 Å². The van der Waals surface area contributed by atoms with Crippen LogP contribution in [-0.4, -0.2) is 27.3 Å². The van der Waals surface area contributed by atoms with Crippen LogP contribution < -0.4 is 0 Å². The van der Waals surface area contributed by atoms with Gasteiger partial charge in [-0.2, -0.15) is 5.10 Å². The maximum absolute atomic E-state index is 4.74. The highest BCUT2D eigenvalue weighted by Gasteiger charge is 2.36. The SMILES string of the molecule is CCc1nn(CC)c(CN2CCC3CCCCC32)c1Br. The molecule has 1 aromatic rings. The van der Waals surface area contributed by atoms with Gasteiger partial charge in [0.25, 0.3) is 0 Å². The van der Waals surface area contributed by atoms with Gasteiger partial charge in [0.15, 0.2) is 0 Å².